The van der Waals surface area contributed by atoms with Crippen molar-refractivity contribution in [1.82, 2.24) is 10.2 Å². The minimum Gasteiger partial charge on any atom is -0.365 e. The van der Waals surface area contributed by atoms with Crippen LogP contribution in [0.3, 0.4) is 0 Å². The Hall–Kier alpha value is -1.79. The van der Waals surface area contributed by atoms with Crippen molar-refractivity contribution in [3.05, 3.63) is 29.3 Å². The monoisotopic (exact) mass is 297 g/mol. The quantitative estimate of drug-likeness (QED) is 0.884. The van der Waals surface area contributed by atoms with Gasteiger partial charge in [0.1, 0.15) is 6.61 Å². The summed E-state index contributed by atoms with van der Waals surface area (Å²) in [5.74, 6) is -0.0492. The van der Waals surface area contributed by atoms with Crippen molar-refractivity contribution in [1.29, 1.82) is 0 Å². The molecule has 20 heavy (non-hydrogen) atoms. The van der Waals surface area contributed by atoms with E-state index in [1.807, 2.05) is 0 Å². The molecule has 1 aromatic carbocycles. The van der Waals surface area contributed by atoms with Crippen molar-refractivity contribution >= 4 is 29.2 Å². The summed E-state index contributed by atoms with van der Waals surface area (Å²) in [5, 5.41) is 6.00. The number of halogens is 1. The summed E-state index contributed by atoms with van der Waals surface area (Å²) in [6.07, 6.45) is -0.186. The van der Waals surface area contributed by atoms with E-state index in [0.29, 0.717) is 23.8 Å². The highest BCUT2D eigenvalue weighted by Gasteiger charge is 2.23. The third-order valence-corrected chi connectivity index (χ3v) is 3.19. The number of hydrogen-bond acceptors (Lipinski definition) is 3. The number of carbonyl (C=O) groups is 2. The molecule has 0 spiro atoms. The molecule has 0 radical (unpaired) electrons. The second kappa shape index (κ2) is 6.58. The van der Waals surface area contributed by atoms with Crippen LogP contribution in [0.1, 0.15) is 0 Å². The summed E-state index contributed by atoms with van der Waals surface area (Å²) in [6.45, 7) is 0.874. The SMILES string of the molecule is CN1CC(CNC(=O)Nc2ccc(Cl)cc2)OCC1=O. The minimum absolute atomic E-state index is 0.0492. The first-order valence-corrected chi connectivity index (χ1v) is 6.58. The first-order chi connectivity index (χ1) is 9.54. The normalized spacial score (nSPS) is 18.8. The maximum absolute atomic E-state index is 11.7. The van der Waals surface area contributed by atoms with Gasteiger partial charge in [0.25, 0.3) is 0 Å². The molecule has 1 aromatic rings. The van der Waals surface area contributed by atoms with Crippen molar-refractivity contribution in [2.45, 2.75) is 6.10 Å². The maximum Gasteiger partial charge on any atom is 0.319 e. The predicted octanol–water partition coefficient (Wildman–Crippen LogP) is 1.32. The zero-order valence-corrected chi connectivity index (χ0v) is 11.8. The van der Waals surface area contributed by atoms with Crippen molar-refractivity contribution < 1.29 is 14.3 Å². The van der Waals surface area contributed by atoms with E-state index >= 15 is 0 Å². The number of ether oxygens (including phenoxy) is 1. The van der Waals surface area contributed by atoms with Gasteiger partial charge in [-0.05, 0) is 24.3 Å². The highest BCUT2D eigenvalue weighted by Crippen LogP contribution is 2.13. The van der Waals surface area contributed by atoms with E-state index in [1.54, 1.807) is 36.2 Å². The van der Waals surface area contributed by atoms with Gasteiger partial charge in [-0.1, -0.05) is 11.6 Å². The molecule has 7 heteroatoms. The highest BCUT2D eigenvalue weighted by molar-refractivity contribution is 6.30. The standard InChI is InChI=1S/C13H16ClN3O3/c1-17-7-11(20-8-12(17)18)6-15-13(19)16-10-4-2-9(14)3-5-10/h2-5,11H,6-8H2,1H3,(H2,15,16,19). The maximum atomic E-state index is 11.7. The molecule has 6 nitrogen and oxygen atoms in total. The van der Waals surface area contributed by atoms with Gasteiger partial charge in [-0.2, -0.15) is 0 Å². The Labute approximate surface area is 122 Å². The van der Waals surface area contributed by atoms with E-state index in [2.05, 4.69) is 10.6 Å². The Bertz CT molecular complexity index is 492. The second-order valence-electron chi connectivity index (χ2n) is 4.55. The first kappa shape index (κ1) is 14.6. The predicted molar refractivity (Wildman–Crippen MR) is 75.9 cm³/mol. The van der Waals surface area contributed by atoms with Gasteiger partial charge in [0.2, 0.25) is 5.91 Å². The van der Waals surface area contributed by atoms with Crippen LogP contribution in [-0.4, -0.2) is 49.7 Å². The topological polar surface area (TPSA) is 70.7 Å². The fourth-order valence-electron chi connectivity index (χ4n) is 1.80. The Morgan fingerprint density at radius 3 is 2.80 bits per heavy atom. The van der Waals surface area contributed by atoms with Gasteiger partial charge in [0.05, 0.1) is 6.10 Å². The number of carbonyl (C=O) groups excluding carboxylic acids is 2. The number of nitrogens with zero attached hydrogens (tertiary/aromatic N) is 1. The van der Waals surface area contributed by atoms with E-state index in [4.69, 9.17) is 16.3 Å². The zero-order valence-electron chi connectivity index (χ0n) is 11.1. The number of anilines is 1. The summed E-state index contributed by atoms with van der Waals surface area (Å²) in [7, 11) is 1.71. The smallest absolute Gasteiger partial charge is 0.319 e. The summed E-state index contributed by atoms with van der Waals surface area (Å²) in [6, 6.07) is 6.50. The Kier molecular flexibility index (Phi) is 4.81. The third-order valence-electron chi connectivity index (χ3n) is 2.94. The van der Waals surface area contributed by atoms with Crippen LogP contribution in [0.5, 0.6) is 0 Å². The van der Waals surface area contributed by atoms with E-state index in [-0.39, 0.29) is 24.6 Å². The van der Waals surface area contributed by atoms with Crippen LogP contribution in [0.15, 0.2) is 24.3 Å². The molecule has 0 aromatic heterocycles. The van der Waals surface area contributed by atoms with E-state index in [0.717, 1.165) is 0 Å². The minimum atomic E-state index is -0.324. The van der Waals surface area contributed by atoms with Crippen LogP contribution in [0.25, 0.3) is 0 Å². The van der Waals surface area contributed by atoms with Crippen molar-refractivity contribution in [3.8, 4) is 0 Å². The molecule has 1 atom stereocenters. The first-order valence-electron chi connectivity index (χ1n) is 6.20. The lowest BCUT2D eigenvalue weighted by molar-refractivity contribution is -0.146. The molecule has 1 aliphatic rings. The Morgan fingerprint density at radius 1 is 1.45 bits per heavy atom. The van der Waals surface area contributed by atoms with Gasteiger partial charge in [-0.3, -0.25) is 4.79 Å². The van der Waals surface area contributed by atoms with Gasteiger partial charge in [0, 0.05) is 30.8 Å². The van der Waals surface area contributed by atoms with Crippen molar-refractivity contribution in [2.24, 2.45) is 0 Å². The summed E-state index contributed by atoms with van der Waals surface area (Å²) < 4.78 is 5.33. The van der Waals surface area contributed by atoms with Gasteiger partial charge in [0.15, 0.2) is 0 Å². The molecule has 2 rings (SSSR count). The zero-order chi connectivity index (χ0) is 14.5. The van der Waals surface area contributed by atoms with Crippen LogP contribution in [-0.2, 0) is 9.53 Å². The largest absolute Gasteiger partial charge is 0.365 e. The van der Waals surface area contributed by atoms with Crippen molar-refractivity contribution in [3.63, 3.8) is 0 Å². The Balaban J connectivity index is 1.75. The average molecular weight is 298 g/mol. The molecule has 2 N–H and O–H groups in total. The molecule has 108 valence electrons. The fraction of sp³-hybridized carbons (Fsp3) is 0.385. The molecular weight excluding hydrogens is 282 g/mol. The molecule has 1 aliphatic heterocycles. The summed E-state index contributed by atoms with van der Waals surface area (Å²) >= 11 is 5.76. The molecule has 0 aliphatic carbocycles. The van der Waals surface area contributed by atoms with Crippen LogP contribution >= 0.6 is 11.6 Å². The number of nitrogens with one attached hydrogen (secondary N) is 2. The summed E-state index contributed by atoms with van der Waals surface area (Å²) in [5.41, 5.74) is 0.656. The fourth-order valence-corrected chi connectivity index (χ4v) is 1.92. The lowest BCUT2D eigenvalue weighted by atomic mass is 10.3. The number of hydrogen-bond donors (Lipinski definition) is 2. The van der Waals surface area contributed by atoms with Crippen molar-refractivity contribution in [2.75, 3.05) is 32.1 Å². The molecule has 1 unspecified atom stereocenters. The van der Waals surface area contributed by atoms with Gasteiger partial charge < -0.3 is 20.3 Å². The van der Waals surface area contributed by atoms with Gasteiger partial charge in [-0.15, -0.1) is 0 Å². The Morgan fingerprint density at radius 2 is 2.15 bits per heavy atom. The number of benzene rings is 1. The molecule has 1 heterocycles. The number of urea groups is 1. The van der Waals surface area contributed by atoms with Gasteiger partial charge >= 0.3 is 6.03 Å². The highest BCUT2D eigenvalue weighted by atomic mass is 35.5. The molecule has 0 saturated carbocycles. The van der Waals surface area contributed by atoms with Crippen LogP contribution in [0, 0.1) is 0 Å². The molecule has 0 bridgehead atoms. The number of rotatable bonds is 3. The van der Waals surface area contributed by atoms with E-state index in [9.17, 15) is 9.59 Å². The molecular formula is C13H16ClN3O3. The molecule has 1 fully saturated rings. The van der Waals surface area contributed by atoms with Crippen LogP contribution in [0.4, 0.5) is 10.5 Å². The summed E-state index contributed by atoms with van der Waals surface area (Å²) in [4.78, 5) is 24.5. The number of morpholine rings is 1. The van der Waals surface area contributed by atoms with E-state index in [1.165, 1.54) is 0 Å². The lowest BCUT2D eigenvalue weighted by Gasteiger charge is -2.29. The van der Waals surface area contributed by atoms with Crippen LogP contribution < -0.4 is 10.6 Å². The van der Waals surface area contributed by atoms with Gasteiger partial charge in [-0.25, -0.2) is 4.79 Å². The second-order valence-corrected chi connectivity index (χ2v) is 4.99. The number of likely N-dealkylation sites (N-methyl/N-ethyl adjacent to an activating group) is 1. The molecule has 3 amide bonds. The third kappa shape index (κ3) is 4.11. The number of amides is 3. The molecule has 1 saturated heterocycles. The van der Waals surface area contributed by atoms with Crippen LogP contribution in [0.2, 0.25) is 5.02 Å². The average Bonchev–Trinajstić information content (AvgIpc) is 2.43. The lowest BCUT2D eigenvalue weighted by Crippen LogP contribution is -2.49. The van der Waals surface area contributed by atoms with E-state index < -0.39 is 0 Å².